The normalized spacial score (nSPS) is 11.2. The third-order valence-electron chi connectivity index (χ3n) is 5.30. The summed E-state index contributed by atoms with van der Waals surface area (Å²) in [5.41, 5.74) is 6.51. The van der Waals surface area contributed by atoms with Crippen molar-refractivity contribution in [3.63, 3.8) is 0 Å². The van der Waals surface area contributed by atoms with Gasteiger partial charge in [-0.2, -0.15) is 0 Å². The summed E-state index contributed by atoms with van der Waals surface area (Å²) in [6.45, 7) is 0. The van der Waals surface area contributed by atoms with Crippen LogP contribution < -0.4 is 5.46 Å². The highest BCUT2D eigenvalue weighted by molar-refractivity contribution is 9.10. The van der Waals surface area contributed by atoms with Crippen LogP contribution in [0, 0.1) is 5.82 Å². The van der Waals surface area contributed by atoms with E-state index in [0.29, 0.717) is 5.46 Å². The topological polar surface area (TPSA) is 30.7 Å². The predicted molar refractivity (Wildman–Crippen MR) is 137 cm³/mol. The molecule has 0 saturated heterocycles. The molecule has 0 saturated carbocycles. The molecule has 7 heteroatoms. The van der Waals surface area contributed by atoms with E-state index < -0.39 is 0 Å². The van der Waals surface area contributed by atoms with E-state index in [9.17, 15) is 4.39 Å². The van der Waals surface area contributed by atoms with Crippen molar-refractivity contribution in [2.45, 2.75) is 5.75 Å². The molecule has 32 heavy (non-hydrogen) atoms. The molecule has 5 aromatic rings. The first-order valence-corrected chi connectivity index (χ1v) is 11.9. The van der Waals surface area contributed by atoms with Crippen LogP contribution in [0.25, 0.3) is 33.4 Å². The van der Waals surface area contributed by atoms with E-state index in [1.165, 1.54) is 11.6 Å². The van der Waals surface area contributed by atoms with Crippen LogP contribution >= 0.6 is 27.9 Å². The number of nitrogens with zero attached hydrogens (tertiary/aromatic N) is 3. The summed E-state index contributed by atoms with van der Waals surface area (Å²) in [5, 5.41) is 1.03. The van der Waals surface area contributed by atoms with E-state index in [-0.39, 0.29) is 5.82 Å². The Bertz CT molecular complexity index is 1420. The molecule has 0 aliphatic carbocycles. The van der Waals surface area contributed by atoms with Gasteiger partial charge in [-0.3, -0.25) is 8.96 Å². The second kappa shape index (κ2) is 8.92. The zero-order valence-corrected chi connectivity index (χ0v) is 19.7. The van der Waals surface area contributed by atoms with Gasteiger partial charge in [0, 0.05) is 32.9 Å². The smallest absolute Gasteiger partial charge is 0.143 e. The average molecular weight is 502 g/mol. The van der Waals surface area contributed by atoms with Crippen LogP contribution in [0.3, 0.4) is 0 Å². The first-order chi connectivity index (χ1) is 15.6. The summed E-state index contributed by atoms with van der Waals surface area (Å²) in [6.07, 6.45) is 3.64. The maximum absolute atomic E-state index is 14.0. The Morgan fingerprint density at radius 3 is 2.56 bits per heavy atom. The van der Waals surface area contributed by atoms with Gasteiger partial charge >= 0.3 is 0 Å². The minimum absolute atomic E-state index is 0.208. The molecular weight excluding hydrogens is 484 g/mol. The Morgan fingerprint density at radius 2 is 1.75 bits per heavy atom. The van der Waals surface area contributed by atoms with E-state index in [1.807, 2.05) is 48.8 Å². The van der Waals surface area contributed by atoms with Crippen molar-refractivity contribution < 1.29 is 4.39 Å². The fourth-order valence-electron chi connectivity index (χ4n) is 3.67. The molecule has 0 unspecified atom stereocenters. The third-order valence-corrected chi connectivity index (χ3v) is 6.75. The molecule has 2 heterocycles. The first-order valence-electron chi connectivity index (χ1n) is 10.2. The van der Waals surface area contributed by atoms with Gasteiger partial charge in [0.25, 0.3) is 0 Å². The van der Waals surface area contributed by atoms with Crippen LogP contribution in [0.4, 0.5) is 4.39 Å². The molecule has 3 aromatic carbocycles. The van der Waals surface area contributed by atoms with Crippen LogP contribution in [0.5, 0.6) is 0 Å². The SMILES string of the molecule is Bc1cc(-c2c(-c3ccc4ncc(Br)cc4c3)ncn2SCc2ccccc2)ccc1F. The number of hydrogen-bond donors (Lipinski definition) is 0. The first kappa shape index (κ1) is 21.0. The lowest BCUT2D eigenvalue weighted by atomic mass is 9.92. The van der Waals surface area contributed by atoms with Gasteiger partial charge in [-0.15, -0.1) is 0 Å². The fourth-order valence-corrected chi connectivity index (χ4v) is 4.93. The maximum atomic E-state index is 14.0. The van der Waals surface area contributed by atoms with Crippen molar-refractivity contribution in [1.82, 2.24) is 13.9 Å². The fraction of sp³-hybridized carbons (Fsp3) is 0.0400. The van der Waals surface area contributed by atoms with E-state index in [4.69, 9.17) is 4.98 Å². The van der Waals surface area contributed by atoms with Crippen molar-refractivity contribution >= 4 is 52.1 Å². The van der Waals surface area contributed by atoms with Crippen molar-refractivity contribution in [2.75, 3.05) is 0 Å². The molecule has 3 nitrogen and oxygen atoms in total. The summed E-state index contributed by atoms with van der Waals surface area (Å²) in [6, 6.07) is 23.7. The minimum Gasteiger partial charge on any atom is -0.271 e. The molecular formula is C25H18BBrFN3S. The summed E-state index contributed by atoms with van der Waals surface area (Å²) >= 11 is 5.17. The lowest BCUT2D eigenvalue weighted by Gasteiger charge is -2.12. The lowest BCUT2D eigenvalue weighted by molar-refractivity contribution is 0.636. The molecule has 2 aromatic heterocycles. The second-order valence-corrected chi connectivity index (χ2v) is 9.41. The molecule has 0 amide bonds. The van der Waals surface area contributed by atoms with E-state index in [1.54, 1.807) is 26.0 Å². The zero-order valence-electron chi connectivity index (χ0n) is 17.3. The van der Waals surface area contributed by atoms with E-state index >= 15 is 0 Å². The quantitative estimate of drug-likeness (QED) is 0.293. The summed E-state index contributed by atoms with van der Waals surface area (Å²) in [7, 11) is 1.79. The molecule has 0 aliphatic heterocycles. The Balaban J connectivity index is 1.62. The van der Waals surface area contributed by atoms with Gasteiger partial charge in [-0.05, 0) is 63.8 Å². The average Bonchev–Trinajstić information content (AvgIpc) is 3.23. The number of halogens is 2. The number of hydrogen-bond acceptors (Lipinski definition) is 3. The standard InChI is InChI=1S/C25H18BBrFN3S/c26-21-12-18(6-8-22(21)28)25-24(17-7-9-23-19(10-17)11-20(27)13-29-23)30-15-31(25)32-14-16-4-2-1-3-5-16/h1-13,15H,14,26H2. The number of pyridine rings is 1. The summed E-state index contributed by atoms with van der Waals surface area (Å²) in [5.74, 6) is 0.596. The number of rotatable bonds is 5. The second-order valence-electron chi connectivity index (χ2n) is 7.55. The highest BCUT2D eigenvalue weighted by Gasteiger charge is 2.17. The maximum Gasteiger partial charge on any atom is 0.143 e. The summed E-state index contributed by atoms with van der Waals surface area (Å²) in [4.78, 5) is 9.24. The molecule has 0 radical (unpaired) electrons. The van der Waals surface area contributed by atoms with Gasteiger partial charge in [0.1, 0.15) is 20.0 Å². The van der Waals surface area contributed by atoms with E-state index in [2.05, 4.69) is 49.2 Å². The molecule has 0 spiro atoms. The number of benzene rings is 3. The molecule has 0 N–H and O–H groups in total. The zero-order chi connectivity index (χ0) is 22.1. The highest BCUT2D eigenvalue weighted by atomic mass is 79.9. The summed E-state index contributed by atoms with van der Waals surface area (Å²) < 4.78 is 17.0. The van der Waals surface area contributed by atoms with Gasteiger partial charge in [-0.25, -0.2) is 9.37 Å². The van der Waals surface area contributed by atoms with Crippen LogP contribution in [0.2, 0.25) is 0 Å². The Hall–Kier alpha value is -2.90. The highest BCUT2D eigenvalue weighted by Crippen LogP contribution is 2.35. The number of imidazole rings is 1. The molecule has 0 aliphatic rings. The molecule has 0 fully saturated rings. The van der Waals surface area contributed by atoms with Gasteiger partial charge in [0.05, 0.1) is 16.9 Å². The molecule has 0 atom stereocenters. The van der Waals surface area contributed by atoms with Crippen LogP contribution in [-0.2, 0) is 5.75 Å². The van der Waals surface area contributed by atoms with Gasteiger partial charge in [0.15, 0.2) is 0 Å². The number of fused-ring (bicyclic) bond motifs is 1. The van der Waals surface area contributed by atoms with Crippen molar-refractivity contribution in [1.29, 1.82) is 0 Å². The lowest BCUT2D eigenvalue weighted by Crippen LogP contribution is -2.08. The monoisotopic (exact) mass is 501 g/mol. The van der Waals surface area contributed by atoms with Crippen molar-refractivity contribution in [3.05, 3.63) is 101 Å². The van der Waals surface area contributed by atoms with Gasteiger partial charge in [-0.1, -0.05) is 47.9 Å². The van der Waals surface area contributed by atoms with Crippen molar-refractivity contribution in [2.24, 2.45) is 0 Å². The molecule has 156 valence electrons. The third kappa shape index (κ3) is 4.23. The Labute approximate surface area is 199 Å². The Morgan fingerprint density at radius 1 is 0.938 bits per heavy atom. The molecule has 0 bridgehead atoms. The molecule has 5 rings (SSSR count). The van der Waals surface area contributed by atoms with Crippen molar-refractivity contribution in [3.8, 4) is 22.5 Å². The van der Waals surface area contributed by atoms with Crippen LogP contribution in [0.1, 0.15) is 5.56 Å². The Kier molecular flexibility index (Phi) is 5.85. The number of aromatic nitrogens is 3. The largest absolute Gasteiger partial charge is 0.271 e. The van der Waals surface area contributed by atoms with Crippen LogP contribution in [-0.4, -0.2) is 21.8 Å². The minimum atomic E-state index is -0.208. The van der Waals surface area contributed by atoms with E-state index in [0.717, 1.165) is 43.6 Å². The van der Waals surface area contributed by atoms with Gasteiger partial charge in [0.2, 0.25) is 0 Å². The predicted octanol–water partition coefficient (Wildman–Crippen LogP) is 5.62. The van der Waals surface area contributed by atoms with Crippen LogP contribution in [0.15, 0.2) is 89.8 Å². The van der Waals surface area contributed by atoms with Gasteiger partial charge < -0.3 is 0 Å².